The normalized spacial score (nSPS) is 12.7. The number of nitrogens with zero attached hydrogens (tertiary/aromatic N) is 3. The third-order valence-electron chi connectivity index (χ3n) is 4.49. The van der Waals surface area contributed by atoms with E-state index in [9.17, 15) is 9.59 Å². The molecular formula is C21H14N4O3S. The summed E-state index contributed by atoms with van der Waals surface area (Å²) in [7, 11) is 0. The average molecular weight is 402 g/mol. The molecule has 5 rings (SSSR count). The van der Waals surface area contributed by atoms with E-state index in [0.29, 0.717) is 38.4 Å². The van der Waals surface area contributed by atoms with Gasteiger partial charge in [-0.05, 0) is 30.3 Å². The fourth-order valence-corrected chi connectivity index (χ4v) is 4.26. The minimum atomic E-state index is -0.380. The van der Waals surface area contributed by atoms with E-state index in [-0.39, 0.29) is 11.8 Å². The van der Waals surface area contributed by atoms with Gasteiger partial charge in [0.05, 0.1) is 27.8 Å². The van der Waals surface area contributed by atoms with Gasteiger partial charge in [0.2, 0.25) is 0 Å². The Kier molecular flexibility index (Phi) is 3.99. The Morgan fingerprint density at radius 3 is 2.62 bits per heavy atom. The molecule has 0 saturated carbocycles. The molecule has 1 aliphatic rings. The first-order valence-electron chi connectivity index (χ1n) is 8.84. The number of urea groups is 1. The fraction of sp³-hybridized carbons (Fsp3) is 0.0476. The number of hydrogen-bond acceptors (Lipinski definition) is 6. The number of benzene rings is 1. The van der Waals surface area contributed by atoms with Crippen LogP contribution in [-0.2, 0) is 0 Å². The van der Waals surface area contributed by atoms with E-state index < -0.39 is 0 Å². The Labute approximate surface area is 169 Å². The predicted octanol–water partition coefficient (Wildman–Crippen LogP) is 5.37. The van der Waals surface area contributed by atoms with Crippen LogP contribution >= 0.6 is 11.3 Å². The van der Waals surface area contributed by atoms with Crippen LogP contribution in [0.2, 0.25) is 0 Å². The third-order valence-corrected chi connectivity index (χ3v) is 5.69. The van der Waals surface area contributed by atoms with Crippen LogP contribution in [0.4, 0.5) is 22.0 Å². The van der Waals surface area contributed by atoms with Crippen LogP contribution in [0, 0.1) is 0 Å². The maximum absolute atomic E-state index is 12.9. The summed E-state index contributed by atoms with van der Waals surface area (Å²) in [6.45, 7) is 1.48. The highest BCUT2D eigenvalue weighted by atomic mass is 32.1. The van der Waals surface area contributed by atoms with Gasteiger partial charge in [-0.1, -0.05) is 18.2 Å². The zero-order valence-corrected chi connectivity index (χ0v) is 16.1. The molecule has 4 heterocycles. The molecule has 1 N–H and O–H groups in total. The van der Waals surface area contributed by atoms with Crippen LogP contribution in [0.15, 0.2) is 60.9 Å². The van der Waals surface area contributed by atoms with Crippen molar-refractivity contribution in [1.29, 1.82) is 0 Å². The van der Waals surface area contributed by atoms with Gasteiger partial charge in [0.1, 0.15) is 22.1 Å². The second-order valence-corrected chi connectivity index (χ2v) is 7.40. The Morgan fingerprint density at radius 2 is 1.90 bits per heavy atom. The molecule has 29 heavy (non-hydrogen) atoms. The average Bonchev–Trinajstić information content (AvgIpc) is 3.10. The number of carbonyl (C=O) groups is 2. The summed E-state index contributed by atoms with van der Waals surface area (Å²) >= 11 is 1.27. The Hall–Kier alpha value is -3.78. The molecule has 0 bridgehead atoms. The number of aromatic nitrogens is 2. The number of carbonyl (C=O) groups excluding carboxylic acids is 2. The number of amides is 2. The quantitative estimate of drug-likeness (QED) is 0.464. The summed E-state index contributed by atoms with van der Waals surface area (Å²) in [4.78, 5) is 36.2. The van der Waals surface area contributed by atoms with E-state index in [4.69, 9.17) is 4.74 Å². The summed E-state index contributed by atoms with van der Waals surface area (Å²) in [6, 6.07) is 14.2. The molecule has 0 spiro atoms. The fourth-order valence-electron chi connectivity index (χ4n) is 3.25. The molecule has 3 aromatic heterocycles. The maximum atomic E-state index is 12.9. The Morgan fingerprint density at radius 1 is 1.07 bits per heavy atom. The summed E-state index contributed by atoms with van der Waals surface area (Å²) in [5, 5.41) is 3.57. The summed E-state index contributed by atoms with van der Waals surface area (Å²) < 4.78 is 5.76. The van der Waals surface area contributed by atoms with Crippen LogP contribution < -0.4 is 15.0 Å². The number of thiophene rings is 1. The van der Waals surface area contributed by atoms with Gasteiger partial charge in [-0.3, -0.25) is 4.79 Å². The molecule has 0 aliphatic carbocycles. The molecule has 0 atom stereocenters. The minimum Gasteiger partial charge on any atom is -0.456 e. The van der Waals surface area contributed by atoms with Gasteiger partial charge in [-0.2, -0.15) is 0 Å². The second-order valence-electron chi connectivity index (χ2n) is 6.41. The van der Waals surface area contributed by atoms with Gasteiger partial charge >= 0.3 is 6.03 Å². The molecule has 8 heteroatoms. The molecule has 0 saturated heterocycles. The number of para-hydroxylation sites is 1. The third kappa shape index (κ3) is 2.90. The zero-order valence-electron chi connectivity index (χ0n) is 15.2. The lowest BCUT2D eigenvalue weighted by Crippen LogP contribution is -2.34. The molecule has 142 valence electrons. The van der Waals surface area contributed by atoms with Crippen molar-refractivity contribution in [1.82, 2.24) is 9.97 Å². The lowest BCUT2D eigenvalue weighted by molar-refractivity contribution is 0.102. The Bertz CT molecular complexity index is 1250. The highest BCUT2D eigenvalue weighted by Gasteiger charge is 2.32. The molecule has 2 amide bonds. The van der Waals surface area contributed by atoms with Crippen LogP contribution in [0.25, 0.3) is 10.2 Å². The first kappa shape index (κ1) is 17.3. The van der Waals surface area contributed by atoms with Crippen LogP contribution in [0.3, 0.4) is 0 Å². The van der Waals surface area contributed by atoms with Crippen molar-refractivity contribution in [3.05, 3.63) is 65.8 Å². The first-order valence-corrected chi connectivity index (χ1v) is 9.66. The van der Waals surface area contributed by atoms with Crippen LogP contribution in [-0.4, -0.2) is 21.8 Å². The standard InChI is InChI=1S/C21H14N4O3S/c1-12(26)19-18-17-15(9-10-22-20(17)29-19)25(21(27)24-18)16-8-7-14(11-23-16)28-13-5-3-2-4-6-13/h2-11H,1H3,(H,24,27). The highest BCUT2D eigenvalue weighted by Crippen LogP contribution is 2.45. The van der Waals surface area contributed by atoms with E-state index in [0.717, 1.165) is 5.39 Å². The number of nitrogens with one attached hydrogen (secondary N) is 1. The molecule has 1 aliphatic heterocycles. The minimum absolute atomic E-state index is 0.108. The topological polar surface area (TPSA) is 84.4 Å². The van der Waals surface area contributed by atoms with Crippen molar-refractivity contribution >= 4 is 50.6 Å². The number of Topliss-reactive ketones (excluding diaryl/α,β-unsaturated/α-hetero) is 1. The van der Waals surface area contributed by atoms with Crippen molar-refractivity contribution in [3.8, 4) is 11.5 Å². The SMILES string of the molecule is CC(=O)c1sc2nccc3c2c1NC(=O)N3c1ccc(Oc2ccccc2)cn1. The van der Waals surface area contributed by atoms with Crippen molar-refractivity contribution in [3.63, 3.8) is 0 Å². The number of ketones is 1. The van der Waals surface area contributed by atoms with Gasteiger partial charge in [0.25, 0.3) is 0 Å². The lowest BCUT2D eigenvalue weighted by Gasteiger charge is -2.27. The van der Waals surface area contributed by atoms with Crippen molar-refractivity contribution in [2.45, 2.75) is 6.92 Å². The number of ether oxygens (including phenoxy) is 1. The molecule has 0 unspecified atom stereocenters. The van der Waals surface area contributed by atoms with E-state index in [2.05, 4.69) is 15.3 Å². The summed E-state index contributed by atoms with van der Waals surface area (Å²) in [5.74, 6) is 1.60. The highest BCUT2D eigenvalue weighted by molar-refractivity contribution is 7.21. The largest absolute Gasteiger partial charge is 0.456 e. The number of hydrogen-bond donors (Lipinski definition) is 1. The molecular weight excluding hydrogens is 388 g/mol. The Balaban J connectivity index is 1.54. The van der Waals surface area contributed by atoms with E-state index >= 15 is 0 Å². The zero-order chi connectivity index (χ0) is 20.0. The van der Waals surface area contributed by atoms with Gasteiger partial charge < -0.3 is 10.1 Å². The lowest BCUT2D eigenvalue weighted by atomic mass is 10.1. The van der Waals surface area contributed by atoms with Crippen molar-refractivity contribution in [2.24, 2.45) is 0 Å². The van der Waals surface area contributed by atoms with Gasteiger partial charge in [0.15, 0.2) is 5.78 Å². The molecule has 7 nitrogen and oxygen atoms in total. The number of anilines is 3. The maximum Gasteiger partial charge on any atom is 0.332 e. The summed E-state index contributed by atoms with van der Waals surface area (Å²) in [6.07, 6.45) is 3.19. The number of pyridine rings is 2. The van der Waals surface area contributed by atoms with E-state index in [1.54, 1.807) is 30.6 Å². The molecule has 1 aromatic carbocycles. The van der Waals surface area contributed by atoms with Crippen LogP contribution in [0.1, 0.15) is 16.6 Å². The van der Waals surface area contributed by atoms with E-state index in [1.807, 2.05) is 30.3 Å². The van der Waals surface area contributed by atoms with Crippen molar-refractivity contribution in [2.75, 3.05) is 10.2 Å². The van der Waals surface area contributed by atoms with Gasteiger partial charge in [-0.15, -0.1) is 11.3 Å². The molecule has 0 radical (unpaired) electrons. The predicted molar refractivity (Wildman–Crippen MR) is 112 cm³/mol. The second kappa shape index (κ2) is 6.68. The van der Waals surface area contributed by atoms with Crippen molar-refractivity contribution < 1.29 is 14.3 Å². The molecule has 4 aromatic rings. The smallest absolute Gasteiger partial charge is 0.332 e. The van der Waals surface area contributed by atoms with Gasteiger partial charge in [0, 0.05) is 13.1 Å². The van der Waals surface area contributed by atoms with E-state index in [1.165, 1.54) is 23.2 Å². The first-order chi connectivity index (χ1) is 14.1. The molecule has 0 fully saturated rings. The van der Waals surface area contributed by atoms with Gasteiger partial charge in [-0.25, -0.2) is 19.7 Å². The monoisotopic (exact) mass is 402 g/mol. The summed E-state index contributed by atoms with van der Waals surface area (Å²) in [5.41, 5.74) is 1.16. The number of rotatable bonds is 4. The van der Waals surface area contributed by atoms with Crippen LogP contribution in [0.5, 0.6) is 11.5 Å².